The van der Waals surface area contributed by atoms with Gasteiger partial charge in [0, 0.05) is 35.8 Å². The first-order valence-electron chi connectivity index (χ1n) is 10.3. The number of hydrogen-bond acceptors (Lipinski definition) is 2. The Labute approximate surface area is 180 Å². The van der Waals surface area contributed by atoms with Gasteiger partial charge < -0.3 is 9.30 Å². The average Bonchev–Trinajstić information content (AvgIpc) is 3.17. The lowest BCUT2D eigenvalue weighted by Crippen LogP contribution is -2.00. The molecule has 0 saturated heterocycles. The third-order valence-electron chi connectivity index (χ3n) is 5.99. The van der Waals surface area contributed by atoms with Crippen molar-refractivity contribution < 1.29 is 9.53 Å². The van der Waals surface area contributed by atoms with Crippen LogP contribution in [0.2, 0.25) is 5.02 Å². The fourth-order valence-corrected chi connectivity index (χ4v) is 4.78. The van der Waals surface area contributed by atoms with E-state index in [4.69, 9.17) is 16.3 Å². The van der Waals surface area contributed by atoms with Gasteiger partial charge in [0.1, 0.15) is 11.4 Å². The lowest BCUT2D eigenvalue weighted by Gasteiger charge is -2.09. The molecule has 0 N–H and O–H groups in total. The molecule has 0 amide bonds. The van der Waals surface area contributed by atoms with Crippen molar-refractivity contribution in [1.29, 1.82) is 0 Å². The van der Waals surface area contributed by atoms with E-state index in [0.29, 0.717) is 5.02 Å². The van der Waals surface area contributed by atoms with E-state index < -0.39 is 0 Å². The Morgan fingerprint density at radius 1 is 1.00 bits per heavy atom. The van der Waals surface area contributed by atoms with Crippen LogP contribution in [-0.2, 0) is 13.0 Å². The van der Waals surface area contributed by atoms with Crippen molar-refractivity contribution in [3.63, 3.8) is 0 Å². The molecule has 0 fully saturated rings. The number of ether oxygens (including phenoxy) is 1. The third-order valence-corrected chi connectivity index (χ3v) is 6.24. The summed E-state index contributed by atoms with van der Waals surface area (Å²) in [7, 11) is 1.67. The molecule has 152 valence electrons. The van der Waals surface area contributed by atoms with Gasteiger partial charge in [-0.05, 0) is 66.8 Å². The number of carbonyl (C=O) groups excluding carboxylic acids is 1. The lowest BCUT2D eigenvalue weighted by molar-refractivity contribution is 0.101. The number of aryl methyl sites for hydroxylation is 2. The van der Waals surface area contributed by atoms with Gasteiger partial charge in [-0.15, -0.1) is 0 Å². The molecule has 2 aromatic heterocycles. The van der Waals surface area contributed by atoms with Crippen molar-refractivity contribution in [1.82, 2.24) is 8.97 Å². The molecule has 1 aliphatic rings. The fraction of sp³-hybridized carbons (Fsp3) is 0.240. The molecule has 2 aromatic carbocycles. The molecular formula is C25H23ClN2O2. The number of rotatable bonds is 4. The van der Waals surface area contributed by atoms with Gasteiger partial charge >= 0.3 is 0 Å². The standard InChI is InChI=1S/C25H23ClN2O2/c1-16(29)24-23(18-6-10-19(26)11-7-18)21-5-3-4-14-27-22(15-28(24)25(21)27)17-8-12-20(30-2)13-9-17/h6-13,15H,3-5,14H2,1-2H3. The smallest absolute Gasteiger partial charge is 0.177 e. The Kier molecular flexibility index (Phi) is 4.67. The predicted molar refractivity (Wildman–Crippen MR) is 121 cm³/mol. The molecule has 0 aliphatic carbocycles. The van der Waals surface area contributed by atoms with Crippen LogP contribution < -0.4 is 4.74 Å². The van der Waals surface area contributed by atoms with Gasteiger partial charge in [0.15, 0.2) is 5.78 Å². The van der Waals surface area contributed by atoms with Gasteiger partial charge in [0.05, 0.1) is 18.5 Å². The zero-order valence-electron chi connectivity index (χ0n) is 17.1. The number of hydrogen-bond donors (Lipinski definition) is 0. The van der Waals surface area contributed by atoms with Gasteiger partial charge in [-0.25, -0.2) is 0 Å². The number of benzene rings is 2. The van der Waals surface area contributed by atoms with Crippen molar-refractivity contribution in [3.8, 4) is 28.1 Å². The van der Waals surface area contributed by atoms with Gasteiger partial charge in [0.25, 0.3) is 0 Å². The topological polar surface area (TPSA) is 35.6 Å². The molecule has 0 saturated carbocycles. The molecule has 0 bridgehead atoms. The van der Waals surface area contributed by atoms with Gasteiger partial charge in [0.2, 0.25) is 0 Å². The highest BCUT2D eigenvalue weighted by Gasteiger charge is 2.28. The van der Waals surface area contributed by atoms with E-state index in [0.717, 1.165) is 65.3 Å². The maximum Gasteiger partial charge on any atom is 0.177 e. The summed E-state index contributed by atoms with van der Waals surface area (Å²) in [6, 6.07) is 15.9. The van der Waals surface area contributed by atoms with Crippen LogP contribution in [0.15, 0.2) is 54.7 Å². The number of carbonyl (C=O) groups is 1. The zero-order valence-corrected chi connectivity index (χ0v) is 17.9. The van der Waals surface area contributed by atoms with Gasteiger partial charge in [-0.3, -0.25) is 9.20 Å². The van der Waals surface area contributed by atoms with Crippen LogP contribution in [-0.4, -0.2) is 21.9 Å². The van der Waals surface area contributed by atoms with E-state index in [1.165, 1.54) is 5.56 Å². The average molecular weight is 419 g/mol. The van der Waals surface area contributed by atoms with Gasteiger partial charge in [-0.2, -0.15) is 0 Å². The Balaban J connectivity index is 1.80. The van der Waals surface area contributed by atoms with Crippen molar-refractivity contribution in [2.45, 2.75) is 32.7 Å². The summed E-state index contributed by atoms with van der Waals surface area (Å²) in [5.74, 6) is 0.906. The highest BCUT2D eigenvalue weighted by atomic mass is 35.5. The fourth-order valence-electron chi connectivity index (χ4n) is 4.65. The zero-order chi connectivity index (χ0) is 20.8. The molecule has 0 spiro atoms. The Hall–Kier alpha value is -2.98. The van der Waals surface area contributed by atoms with E-state index >= 15 is 0 Å². The number of nitrogens with zero attached hydrogens (tertiary/aromatic N) is 2. The first-order valence-corrected chi connectivity index (χ1v) is 10.6. The Morgan fingerprint density at radius 3 is 2.37 bits per heavy atom. The monoisotopic (exact) mass is 418 g/mol. The summed E-state index contributed by atoms with van der Waals surface area (Å²) in [6.07, 6.45) is 5.28. The van der Waals surface area contributed by atoms with Crippen LogP contribution in [0.3, 0.4) is 0 Å². The second-order valence-electron chi connectivity index (χ2n) is 7.81. The maximum absolute atomic E-state index is 12.8. The third kappa shape index (κ3) is 2.94. The summed E-state index contributed by atoms with van der Waals surface area (Å²) in [5, 5.41) is 0.698. The summed E-state index contributed by atoms with van der Waals surface area (Å²) in [5.41, 5.74) is 7.47. The molecule has 5 rings (SSSR count). The molecule has 0 atom stereocenters. The van der Waals surface area contributed by atoms with Crippen LogP contribution in [0.4, 0.5) is 0 Å². The lowest BCUT2D eigenvalue weighted by atomic mass is 9.97. The molecule has 3 heterocycles. The Bertz CT molecular complexity index is 1250. The number of Topliss-reactive ketones (excluding diaryl/α,β-unsaturated/α-hetero) is 1. The molecule has 4 aromatic rings. The molecule has 4 nitrogen and oxygen atoms in total. The van der Waals surface area contributed by atoms with Crippen LogP contribution in [0.5, 0.6) is 5.75 Å². The number of imidazole rings is 1. The summed E-state index contributed by atoms with van der Waals surface area (Å²) in [6.45, 7) is 2.59. The van der Waals surface area contributed by atoms with E-state index in [1.807, 2.05) is 36.4 Å². The largest absolute Gasteiger partial charge is 0.497 e. The van der Waals surface area contributed by atoms with Crippen molar-refractivity contribution in [3.05, 3.63) is 71.0 Å². The molecule has 0 unspecified atom stereocenters. The number of halogens is 1. The summed E-state index contributed by atoms with van der Waals surface area (Å²) in [4.78, 5) is 12.8. The number of ketones is 1. The summed E-state index contributed by atoms with van der Waals surface area (Å²) < 4.78 is 9.79. The minimum absolute atomic E-state index is 0.0696. The Morgan fingerprint density at radius 2 is 1.70 bits per heavy atom. The normalized spacial score (nSPS) is 13.4. The van der Waals surface area contributed by atoms with Crippen LogP contribution in [0.25, 0.3) is 28.0 Å². The van der Waals surface area contributed by atoms with Crippen LogP contribution in [0, 0.1) is 0 Å². The highest BCUT2D eigenvalue weighted by molar-refractivity contribution is 6.30. The van der Waals surface area contributed by atoms with Crippen molar-refractivity contribution >= 4 is 23.0 Å². The predicted octanol–water partition coefficient (Wildman–Crippen LogP) is 6.28. The minimum Gasteiger partial charge on any atom is -0.497 e. The van der Waals surface area contributed by atoms with E-state index in [-0.39, 0.29) is 5.78 Å². The summed E-state index contributed by atoms with van der Waals surface area (Å²) >= 11 is 6.12. The first-order chi connectivity index (χ1) is 14.6. The molecule has 0 radical (unpaired) electrons. The van der Waals surface area contributed by atoms with E-state index in [9.17, 15) is 4.79 Å². The van der Waals surface area contributed by atoms with E-state index in [1.54, 1.807) is 14.0 Å². The number of aromatic nitrogens is 2. The quantitative estimate of drug-likeness (QED) is 0.366. The van der Waals surface area contributed by atoms with Crippen LogP contribution >= 0.6 is 11.6 Å². The maximum atomic E-state index is 12.8. The second kappa shape index (κ2) is 7.37. The van der Waals surface area contributed by atoms with E-state index in [2.05, 4.69) is 27.3 Å². The first kappa shape index (κ1) is 19.0. The second-order valence-corrected chi connectivity index (χ2v) is 8.25. The molecule has 1 aliphatic heterocycles. The SMILES string of the molecule is COc1ccc(-c2cn3c(C(C)=O)c(-c4ccc(Cl)cc4)c4c3n2CCCC4)cc1. The molecule has 30 heavy (non-hydrogen) atoms. The number of methoxy groups -OCH3 is 1. The van der Waals surface area contributed by atoms with Gasteiger partial charge in [-0.1, -0.05) is 23.7 Å². The van der Waals surface area contributed by atoms with Crippen molar-refractivity contribution in [2.75, 3.05) is 7.11 Å². The highest BCUT2D eigenvalue weighted by Crippen LogP contribution is 2.40. The minimum atomic E-state index is 0.0696. The molecular weight excluding hydrogens is 396 g/mol. The molecule has 5 heteroatoms. The van der Waals surface area contributed by atoms with Crippen molar-refractivity contribution in [2.24, 2.45) is 0 Å². The van der Waals surface area contributed by atoms with Crippen LogP contribution in [0.1, 0.15) is 35.8 Å².